The summed E-state index contributed by atoms with van der Waals surface area (Å²) in [6, 6.07) is 13.3. The number of nitrogens with zero attached hydrogens (tertiary/aromatic N) is 3. The van der Waals surface area contributed by atoms with E-state index in [1.165, 1.54) is 0 Å². The molecule has 3 rings (SSSR count). The molecule has 92 valence electrons. The molecule has 0 aliphatic rings. The molecule has 2 aromatic heterocycles. The number of hydrogen-bond acceptors (Lipinski definition) is 4. The highest BCUT2D eigenvalue weighted by atomic mass is 14.9. The molecule has 0 bridgehead atoms. The molecule has 0 atom stereocenters. The lowest BCUT2D eigenvalue weighted by atomic mass is 10.1. The molecule has 0 fully saturated rings. The fourth-order valence-electron chi connectivity index (χ4n) is 1.81. The second-order valence-electron chi connectivity index (χ2n) is 4.12. The van der Waals surface area contributed by atoms with Gasteiger partial charge in [-0.15, -0.1) is 0 Å². The van der Waals surface area contributed by atoms with Crippen molar-refractivity contribution in [1.29, 1.82) is 0 Å². The molecule has 3 aromatic rings. The maximum Gasteiger partial charge on any atom is 0.159 e. The number of aromatic nitrogens is 3. The van der Waals surface area contributed by atoms with E-state index in [-0.39, 0.29) is 0 Å². The van der Waals surface area contributed by atoms with Gasteiger partial charge < -0.3 is 5.73 Å². The van der Waals surface area contributed by atoms with Crippen molar-refractivity contribution in [3.8, 4) is 22.6 Å². The van der Waals surface area contributed by atoms with Gasteiger partial charge in [-0.1, -0.05) is 0 Å². The monoisotopic (exact) mass is 248 g/mol. The molecule has 1 aromatic carbocycles. The highest BCUT2D eigenvalue weighted by Crippen LogP contribution is 2.20. The first-order valence-electron chi connectivity index (χ1n) is 5.92. The number of pyridine rings is 1. The third kappa shape index (κ3) is 2.42. The number of benzene rings is 1. The van der Waals surface area contributed by atoms with Gasteiger partial charge in [-0.3, -0.25) is 4.98 Å². The van der Waals surface area contributed by atoms with E-state index in [1.807, 2.05) is 42.5 Å². The Hall–Kier alpha value is -2.75. The Bertz CT molecular complexity index is 678. The van der Waals surface area contributed by atoms with E-state index in [0.29, 0.717) is 5.82 Å². The second-order valence-corrected chi connectivity index (χ2v) is 4.12. The molecule has 4 heteroatoms. The van der Waals surface area contributed by atoms with E-state index >= 15 is 0 Å². The van der Waals surface area contributed by atoms with Crippen LogP contribution in [0.4, 0.5) is 5.69 Å². The first-order valence-corrected chi connectivity index (χ1v) is 5.92. The summed E-state index contributed by atoms with van der Waals surface area (Å²) in [4.78, 5) is 12.9. The molecule has 2 heterocycles. The number of rotatable bonds is 2. The van der Waals surface area contributed by atoms with E-state index < -0.39 is 0 Å². The van der Waals surface area contributed by atoms with Crippen LogP contribution in [0.1, 0.15) is 0 Å². The van der Waals surface area contributed by atoms with Crippen LogP contribution in [0.3, 0.4) is 0 Å². The van der Waals surface area contributed by atoms with Crippen molar-refractivity contribution < 1.29 is 0 Å². The zero-order chi connectivity index (χ0) is 13.1. The maximum atomic E-state index is 5.68. The summed E-state index contributed by atoms with van der Waals surface area (Å²) in [6.07, 6.45) is 5.26. The van der Waals surface area contributed by atoms with Gasteiger partial charge in [0, 0.05) is 35.4 Å². The number of nitrogens with two attached hydrogens (primary N) is 1. The predicted octanol–water partition coefficient (Wildman–Crippen LogP) is 2.79. The van der Waals surface area contributed by atoms with Crippen LogP contribution in [0, 0.1) is 0 Å². The van der Waals surface area contributed by atoms with Crippen LogP contribution >= 0.6 is 0 Å². The van der Waals surface area contributed by atoms with Gasteiger partial charge in [0.2, 0.25) is 0 Å². The smallest absolute Gasteiger partial charge is 0.159 e. The fourth-order valence-corrected chi connectivity index (χ4v) is 1.81. The van der Waals surface area contributed by atoms with Gasteiger partial charge >= 0.3 is 0 Å². The van der Waals surface area contributed by atoms with Crippen molar-refractivity contribution in [2.24, 2.45) is 0 Å². The molecule has 0 aliphatic heterocycles. The Kier molecular flexibility index (Phi) is 2.90. The van der Waals surface area contributed by atoms with Crippen LogP contribution in [-0.4, -0.2) is 15.0 Å². The minimum atomic E-state index is 0.689. The van der Waals surface area contributed by atoms with Gasteiger partial charge in [0.1, 0.15) is 0 Å². The van der Waals surface area contributed by atoms with Gasteiger partial charge in [-0.25, -0.2) is 9.97 Å². The summed E-state index contributed by atoms with van der Waals surface area (Å²) in [6.45, 7) is 0. The van der Waals surface area contributed by atoms with Crippen LogP contribution in [0.15, 0.2) is 61.1 Å². The van der Waals surface area contributed by atoms with Gasteiger partial charge in [0.15, 0.2) is 5.82 Å². The van der Waals surface area contributed by atoms with Crippen molar-refractivity contribution in [3.63, 3.8) is 0 Å². The number of anilines is 1. The Labute approximate surface area is 111 Å². The molecular formula is C15H12N4. The van der Waals surface area contributed by atoms with E-state index in [2.05, 4.69) is 15.0 Å². The van der Waals surface area contributed by atoms with Crippen LogP contribution < -0.4 is 5.73 Å². The van der Waals surface area contributed by atoms with Gasteiger partial charge in [0.05, 0.1) is 5.69 Å². The predicted molar refractivity (Wildman–Crippen MR) is 75.1 cm³/mol. The standard InChI is InChI=1S/C15H12N4/c16-13-3-1-12(2-4-13)15-18-10-7-14(19-15)11-5-8-17-9-6-11/h1-10H,16H2. The van der Waals surface area contributed by atoms with E-state index in [1.54, 1.807) is 18.6 Å². The van der Waals surface area contributed by atoms with Crippen LogP contribution in [0.5, 0.6) is 0 Å². The summed E-state index contributed by atoms with van der Waals surface area (Å²) < 4.78 is 0. The van der Waals surface area contributed by atoms with Gasteiger partial charge in [0.25, 0.3) is 0 Å². The third-order valence-electron chi connectivity index (χ3n) is 2.80. The van der Waals surface area contributed by atoms with Crippen LogP contribution in [0.2, 0.25) is 0 Å². The quantitative estimate of drug-likeness (QED) is 0.708. The van der Waals surface area contributed by atoms with Crippen LogP contribution in [-0.2, 0) is 0 Å². The van der Waals surface area contributed by atoms with Crippen molar-refractivity contribution in [2.45, 2.75) is 0 Å². The van der Waals surface area contributed by atoms with E-state index in [4.69, 9.17) is 5.73 Å². The largest absolute Gasteiger partial charge is 0.399 e. The first kappa shape index (κ1) is 11.3. The lowest BCUT2D eigenvalue weighted by Crippen LogP contribution is -1.92. The van der Waals surface area contributed by atoms with Gasteiger partial charge in [-0.2, -0.15) is 0 Å². The van der Waals surface area contributed by atoms with E-state index in [0.717, 1.165) is 22.5 Å². The summed E-state index contributed by atoms with van der Waals surface area (Å²) >= 11 is 0. The Morgan fingerprint density at radius 2 is 1.47 bits per heavy atom. The molecule has 2 N–H and O–H groups in total. The zero-order valence-corrected chi connectivity index (χ0v) is 10.2. The minimum absolute atomic E-state index is 0.689. The average molecular weight is 248 g/mol. The molecule has 0 aliphatic carbocycles. The number of nitrogen functional groups attached to an aromatic ring is 1. The Morgan fingerprint density at radius 3 is 2.21 bits per heavy atom. The first-order chi connectivity index (χ1) is 9.33. The lowest BCUT2D eigenvalue weighted by Gasteiger charge is -2.04. The van der Waals surface area contributed by atoms with Crippen molar-refractivity contribution in [2.75, 3.05) is 5.73 Å². The summed E-state index contributed by atoms with van der Waals surface area (Å²) in [5.74, 6) is 0.689. The lowest BCUT2D eigenvalue weighted by molar-refractivity contribution is 1.18. The second kappa shape index (κ2) is 4.86. The molecule has 0 spiro atoms. The average Bonchev–Trinajstić information content (AvgIpc) is 2.49. The van der Waals surface area contributed by atoms with Gasteiger partial charge in [-0.05, 0) is 42.5 Å². The molecule has 4 nitrogen and oxygen atoms in total. The van der Waals surface area contributed by atoms with E-state index in [9.17, 15) is 0 Å². The minimum Gasteiger partial charge on any atom is -0.399 e. The zero-order valence-electron chi connectivity index (χ0n) is 10.2. The van der Waals surface area contributed by atoms with Crippen molar-refractivity contribution >= 4 is 5.69 Å². The van der Waals surface area contributed by atoms with Crippen molar-refractivity contribution in [1.82, 2.24) is 15.0 Å². The molecule has 0 amide bonds. The molecule has 19 heavy (non-hydrogen) atoms. The molecule has 0 saturated heterocycles. The third-order valence-corrected chi connectivity index (χ3v) is 2.80. The Morgan fingerprint density at radius 1 is 0.737 bits per heavy atom. The fraction of sp³-hybridized carbons (Fsp3) is 0. The highest BCUT2D eigenvalue weighted by Gasteiger charge is 2.04. The normalized spacial score (nSPS) is 10.3. The summed E-state index contributed by atoms with van der Waals surface area (Å²) in [5.41, 5.74) is 9.26. The van der Waals surface area contributed by atoms with Crippen molar-refractivity contribution in [3.05, 3.63) is 61.1 Å². The number of hydrogen-bond donors (Lipinski definition) is 1. The molecular weight excluding hydrogens is 236 g/mol. The maximum absolute atomic E-state index is 5.68. The Balaban J connectivity index is 2.03. The summed E-state index contributed by atoms with van der Waals surface area (Å²) in [5, 5.41) is 0. The highest BCUT2D eigenvalue weighted by molar-refractivity contribution is 5.64. The topological polar surface area (TPSA) is 64.7 Å². The molecule has 0 unspecified atom stereocenters. The molecule has 0 radical (unpaired) electrons. The SMILES string of the molecule is Nc1ccc(-c2nccc(-c3ccncc3)n2)cc1. The summed E-state index contributed by atoms with van der Waals surface area (Å²) in [7, 11) is 0. The molecule has 0 saturated carbocycles. The van der Waals surface area contributed by atoms with Crippen LogP contribution in [0.25, 0.3) is 22.6 Å².